The van der Waals surface area contributed by atoms with E-state index in [4.69, 9.17) is 16.7 Å². The maximum Gasteiger partial charge on any atom is 0.135 e. The van der Waals surface area contributed by atoms with E-state index in [-0.39, 0.29) is 6.04 Å². The fourth-order valence-corrected chi connectivity index (χ4v) is 4.11. The molecule has 6 heteroatoms. The minimum absolute atomic E-state index is 0.144. The number of hydrogen-bond donors (Lipinski definition) is 2. The summed E-state index contributed by atoms with van der Waals surface area (Å²) in [7, 11) is 0. The predicted molar refractivity (Wildman–Crippen MR) is 125 cm³/mol. The number of para-hydroxylation sites is 2. The molecule has 0 amide bonds. The molecule has 152 valence electrons. The molecule has 5 rings (SSSR count). The predicted octanol–water partition coefficient (Wildman–Crippen LogP) is 6.38. The Morgan fingerprint density at radius 1 is 0.935 bits per heavy atom. The number of nitriles is 1. The SMILES string of the molecule is N#CCCn1nc(-c2ccccc2)c2c1Nc1ccccc1N[C@H]2c1ccc(Cl)cc1. The Morgan fingerprint density at radius 3 is 2.39 bits per heavy atom. The maximum absolute atomic E-state index is 9.19. The van der Waals surface area contributed by atoms with E-state index >= 15 is 0 Å². The topological polar surface area (TPSA) is 65.7 Å². The second-order valence-electron chi connectivity index (χ2n) is 7.41. The quantitative estimate of drug-likeness (QED) is 0.398. The second kappa shape index (κ2) is 8.17. The number of rotatable bonds is 4. The average Bonchev–Trinajstić information content (AvgIpc) is 3.06. The molecule has 3 aromatic carbocycles. The van der Waals surface area contributed by atoms with E-state index in [1.54, 1.807) is 0 Å². The lowest BCUT2D eigenvalue weighted by molar-refractivity contribution is 0.637. The van der Waals surface area contributed by atoms with Crippen LogP contribution in [0.3, 0.4) is 0 Å². The fraction of sp³-hybridized carbons (Fsp3) is 0.120. The average molecular weight is 426 g/mol. The van der Waals surface area contributed by atoms with E-state index in [0.717, 1.165) is 39.6 Å². The second-order valence-corrected chi connectivity index (χ2v) is 7.84. The number of benzene rings is 3. The number of halogens is 1. The van der Waals surface area contributed by atoms with Gasteiger partial charge in [0.05, 0.1) is 36.5 Å². The van der Waals surface area contributed by atoms with E-state index in [1.807, 2.05) is 65.3 Å². The molecular weight excluding hydrogens is 406 g/mol. The van der Waals surface area contributed by atoms with Crippen LogP contribution in [0.15, 0.2) is 78.9 Å². The summed E-state index contributed by atoms with van der Waals surface area (Å²) in [4.78, 5) is 0. The summed E-state index contributed by atoms with van der Waals surface area (Å²) in [5.41, 5.74) is 6.02. The van der Waals surface area contributed by atoms with Gasteiger partial charge in [0.25, 0.3) is 0 Å². The number of fused-ring (bicyclic) bond motifs is 2. The summed E-state index contributed by atoms with van der Waals surface area (Å²) in [6, 6.07) is 28.3. The Hall–Kier alpha value is -3.75. The molecule has 0 radical (unpaired) electrons. The normalized spacial score (nSPS) is 14.4. The van der Waals surface area contributed by atoms with Crippen LogP contribution in [0.25, 0.3) is 11.3 Å². The maximum atomic E-state index is 9.19. The van der Waals surface area contributed by atoms with E-state index in [2.05, 4.69) is 34.9 Å². The minimum Gasteiger partial charge on any atom is -0.372 e. The highest BCUT2D eigenvalue weighted by molar-refractivity contribution is 6.30. The lowest BCUT2D eigenvalue weighted by Crippen LogP contribution is -2.12. The molecule has 2 N–H and O–H groups in total. The third-order valence-corrected chi connectivity index (χ3v) is 5.70. The highest BCUT2D eigenvalue weighted by atomic mass is 35.5. The number of nitrogens with zero attached hydrogens (tertiary/aromatic N) is 3. The number of anilines is 3. The van der Waals surface area contributed by atoms with Gasteiger partial charge in [-0.2, -0.15) is 10.4 Å². The molecule has 1 aromatic heterocycles. The van der Waals surface area contributed by atoms with Crippen molar-refractivity contribution in [3.05, 3.63) is 95.0 Å². The van der Waals surface area contributed by atoms with Crippen LogP contribution < -0.4 is 10.6 Å². The van der Waals surface area contributed by atoms with E-state index < -0.39 is 0 Å². The summed E-state index contributed by atoms with van der Waals surface area (Å²) < 4.78 is 1.91. The van der Waals surface area contributed by atoms with Crippen LogP contribution in [0, 0.1) is 11.3 Å². The lowest BCUT2D eigenvalue weighted by Gasteiger charge is -2.20. The van der Waals surface area contributed by atoms with Gasteiger partial charge in [0.15, 0.2) is 0 Å². The Balaban J connectivity index is 1.76. The summed E-state index contributed by atoms with van der Waals surface area (Å²) in [5.74, 6) is 0.895. The number of nitrogens with one attached hydrogen (secondary N) is 2. The molecule has 2 heterocycles. The van der Waals surface area contributed by atoms with Crippen LogP contribution in [0.4, 0.5) is 17.2 Å². The third-order valence-electron chi connectivity index (χ3n) is 5.44. The molecule has 1 atom stereocenters. The van der Waals surface area contributed by atoms with Gasteiger partial charge in [-0.25, -0.2) is 4.68 Å². The summed E-state index contributed by atoms with van der Waals surface area (Å²) in [5, 5.41) is 22.1. The molecule has 0 spiro atoms. The smallest absolute Gasteiger partial charge is 0.135 e. The molecule has 1 aliphatic heterocycles. The van der Waals surface area contributed by atoms with Crippen molar-refractivity contribution in [3.63, 3.8) is 0 Å². The van der Waals surface area contributed by atoms with Crippen molar-refractivity contribution in [1.82, 2.24) is 9.78 Å². The fourth-order valence-electron chi connectivity index (χ4n) is 3.99. The first kappa shape index (κ1) is 19.2. The van der Waals surface area contributed by atoms with Crippen molar-refractivity contribution < 1.29 is 0 Å². The molecule has 1 aliphatic rings. The molecule has 4 aromatic rings. The molecule has 0 bridgehead atoms. The highest BCUT2D eigenvalue weighted by Gasteiger charge is 2.30. The van der Waals surface area contributed by atoms with Crippen LogP contribution in [0.1, 0.15) is 23.6 Å². The van der Waals surface area contributed by atoms with Crippen LogP contribution in [-0.4, -0.2) is 9.78 Å². The van der Waals surface area contributed by atoms with Gasteiger partial charge in [0.2, 0.25) is 0 Å². The van der Waals surface area contributed by atoms with E-state index in [1.165, 1.54) is 0 Å². The van der Waals surface area contributed by atoms with Gasteiger partial charge in [-0.05, 0) is 29.8 Å². The Bertz CT molecular complexity index is 1260. The van der Waals surface area contributed by atoms with Gasteiger partial charge in [-0.15, -0.1) is 0 Å². The molecule has 0 unspecified atom stereocenters. The van der Waals surface area contributed by atoms with Gasteiger partial charge in [-0.1, -0.05) is 66.2 Å². The molecule has 0 saturated heterocycles. The monoisotopic (exact) mass is 425 g/mol. The van der Waals surface area contributed by atoms with Crippen LogP contribution in [0.2, 0.25) is 5.02 Å². The number of aromatic nitrogens is 2. The minimum atomic E-state index is -0.144. The van der Waals surface area contributed by atoms with Crippen molar-refractivity contribution in [2.45, 2.75) is 19.0 Å². The Kier molecular flexibility index (Phi) is 5.07. The van der Waals surface area contributed by atoms with Gasteiger partial charge in [0.1, 0.15) is 11.5 Å². The van der Waals surface area contributed by atoms with E-state index in [0.29, 0.717) is 18.0 Å². The zero-order valence-electron chi connectivity index (χ0n) is 16.7. The Morgan fingerprint density at radius 2 is 1.65 bits per heavy atom. The van der Waals surface area contributed by atoms with Crippen molar-refractivity contribution in [1.29, 1.82) is 5.26 Å². The summed E-state index contributed by atoms with van der Waals surface area (Å²) in [6.07, 6.45) is 0.380. The van der Waals surface area contributed by atoms with Gasteiger partial charge in [0, 0.05) is 16.1 Å². The zero-order chi connectivity index (χ0) is 21.2. The largest absolute Gasteiger partial charge is 0.372 e. The van der Waals surface area contributed by atoms with Crippen LogP contribution in [0.5, 0.6) is 0 Å². The first-order valence-electron chi connectivity index (χ1n) is 10.2. The van der Waals surface area contributed by atoms with Crippen molar-refractivity contribution >= 4 is 28.8 Å². The third kappa shape index (κ3) is 3.63. The van der Waals surface area contributed by atoms with Gasteiger partial charge >= 0.3 is 0 Å². The standard InChI is InChI=1S/C25H20ClN5/c26-19-13-11-18(12-14-19)23-22-24(17-7-2-1-3-8-17)30-31(16-6-15-27)25(22)29-21-10-5-4-9-20(21)28-23/h1-5,7-14,23,28-29H,6,16H2/t23-/m0/s1. The van der Waals surface area contributed by atoms with Crippen molar-refractivity contribution in [2.24, 2.45) is 0 Å². The number of aryl methyl sites for hydroxylation is 1. The first-order chi connectivity index (χ1) is 15.2. The zero-order valence-corrected chi connectivity index (χ0v) is 17.5. The Labute approximate surface area is 185 Å². The van der Waals surface area contributed by atoms with Crippen molar-refractivity contribution in [3.8, 4) is 17.3 Å². The molecule has 31 heavy (non-hydrogen) atoms. The van der Waals surface area contributed by atoms with Gasteiger partial charge in [-0.3, -0.25) is 0 Å². The van der Waals surface area contributed by atoms with Gasteiger partial charge < -0.3 is 10.6 Å². The number of hydrogen-bond acceptors (Lipinski definition) is 4. The molecule has 0 fully saturated rings. The van der Waals surface area contributed by atoms with Crippen LogP contribution in [-0.2, 0) is 6.54 Å². The first-order valence-corrected chi connectivity index (χ1v) is 10.5. The highest BCUT2D eigenvalue weighted by Crippen LogP contribution is 2.44. The van der Waals surface area contributed by atoms with Crippen molar-refractivity contribution in [2.75, 3.05) is 10.6 Å². The molecular formula is C25H20ClN5. The van der Waals surface area contributed by atoms with Crippen LogP contribution >= 0.6 is 11.6 Å². The summed E-state index contributed by atoms with van der Waals surface area (Å²) >= 11 is 6.17. The van der Waals surface area contributed by atoms with E-state index in [9.17, 15) is 5.26 Å². The molecule has 0 saturated carbocycles. The molecule has 0 aliphatic carbocycles. The summed E-state index contributed by atoms with van der Waals surface area (Å²) in [6.45, 7) is 0.508. The lowest BCUT2D eigenvalue weighted by atomic mass is 9.95. The molecule has 5 nitrogen and oxygen atoms in total.